The smallest absolute Gasteiger partial charge is 0.264 e. The third kappa shape index (κ3) is 3.20. The first-order chi connectivity index (χ1) is 9.67. The Balaban J connectivity index is 2.16. The molecule has 0 aliphatic rings. The molecule has 0 aliphatic heterocycles. The molecule has 108 valence electrons. The summed E-state index contributed by atoms with van der Waals surface area (Å²) in [5.41, 5.74) is 6.45. The Morgan fingerprint density at radius 2 is 2.20 bits per heavy atom. The van der Waals surface area contributed by atoms with Gasteiger partial charge in [0.05, 0.1) is 12.1 Å². The van der Waals surface area contributed by atoms with Crippen molar-refractivity contribution in [1.29, 1.82) is 0 Å². The van der Waals surface area contributed by atoms with Gasteiger partial charge in [-0.15, -0.1) is 0 Å². The molecule has 0 unspecified atom stereocenters. The number of rotatable bonds is 6. The maximum atomic E-state index is 6.16. The van der Waals surface area contributed by atoms with E-state index in [0.29, 0.717) is 41.2 Å². The standard InChI is InChI=1S/C13H16ClN3O3/c1-3-11-16-12(20-17-11)7-19-13-9(14)4-8(6-15)5-10(13)18-2/h4-5H,3,6-7,15H2,1-2H3. The molecule has 2 N–H and O–H groups in total. The predicted molar refractivity (Wildman–Crippen MR) is 73.9 cm³/mol. The monoisotopic (exact) mass is 297 g/mol. The number of methoxy groups -OCH3 is 1. The number of ether oxygens (including phenoxy) is 2. The Hall–Kier alpha value is -1.79. The molecular formula is C13H16ClN3O3. The van der Waals surface area contributed by atoms with Crippen molar-refractivity contribution >= 4 is 11.6 Å². The van der Waals surface area contributed by atoms with Gasteiger partial charge in [-0.3, -0.25) is 0 Å². The van der Waals surface area contributed by atoms with E-state index in [1.807, 2.05) is 6.92 Å². The summed E-state index contributed by atoms with van der Waals surface area (Å²) in [7, 11) is 1.54. The van der Waals surface area contributed by atoms with Crippen LogP contribution < -0.4 is 15.2 Å². The van der Waals surface area contributed by atoms with Crippen LogP contribution in [0.25, 0.3) is 0 Å². The van der Waals surface area contributed by atoms with Gasteiger partial charge in [-0.1, -0.05) is 23.7 Å². The van der Waals surface area contributed by atoms with Gasteiger partial charge in [0.15, 0.2) is 23.9 Å². The first kappa shape index (κ1) is 14.6. The topological polar surface area (TPSA) is 83.4 Å². The van der Waals surface area contributed by atoms with E-state index in [-0.39, 0.29) is 6.61 Å². The van der Waals surface area contributed by atoms with Crippen LogP contribution in [0.2, 0.25) is 5.02 Å². The summed E-state index contributed by atoms with van der Waals surface area (Å²) in [6.07, 6.45) is 0.707. The zero-order valence-corrected chi connectivity index (χ0v) is 12.1. The number of nitrogens with zero attached hydrogens (tertiary/aromatic N) is 2. The van der Waals surface area contributed by atoms with E-state index in [9.17, 15) is 0 Å². The Bertz CT molecular complexity index is 586. The van der Waals surface area contributed by atoms with Crippen molar-refractivity contribution in [2.45, 2.75) is 26.5 Å². The fourth-order valence-electron chi connectivity index (χ4n) is 1.66. The fourth-order valence-corrected chi connectivity index (χ4v) is 1.95. The molecule has 0 spiro atoms. The van der Waals surface area contributed by atoms with Crippen molar-refractivity contribution in [3.05, 3.63) is 34.4 Å². The minimum absolute atomic E-state index is 0.130. The Morgan fingerprint density at radius 1 is 1.40 bits per heavy atom. The molecule has 7 heteroatoms. The second-order valence-corrected chi connectivity index (χ2v) is 4.47. The highest BCUT2D eigenvalue weighted by atomic mass is 35.5. The summed E-state index contributed by atoms with van der Waals surface area (Å²) in [6, 6.07) is 3.52. The van der Waals surface area contributed by atoms with Crippen LogP contribution in [-0.2, 0) is 19.6 Å². The van der Waals surface area contributed by atoms with Gasteiger partial charge in [-0.05, 0) is 17.7 Å². The summed E-state index contributed by atoms with van der Waals surface area (Å²) in [6.45, 7) is 2.45. The number of halogens is 1. The number of aromatic nitrogens is 2. The highest BCUT2D eigenvalue weighted by molar-refractivity contribution is 6.32. The lowest BCUT2D eigenvalue weighted by atomic mass is 10.2. The van der Waals surface area contributed by atoms with Crippen molar-refractivity contribution in [3.63, 3.8) is 0 Å². The largest absolute Gasteiger partial charge is 0.493 e. The van der Waals surface area contributed by atoms with Crippen molar-refractivity contribution in [1.82, 2.24) is 10.1 Å². The lowest BCUT2D eigenvalue weighted by Crippen LogP contribution is -2.02. The first-order valence-corrected chi connectivity index (χ1v) is 6.56. The van der Waals surface area contributed by atoms with Gasteiger partial charge in [-0.25, -0.2) is 0 Å². The summed E-state index contributed by atoms with van der Waals surface area (Å²) >= 11 is 6.16. The Morgan fingerprint density at radius 3 is 2.80 bits per heavy atom. The average Bonchev–Trinajstić information content (AvgIpc) is 2.93. The molecular weight excluding hydrogens is 282 g/mol. The van der Waals surface area contributed by atoms with E-state index >= 15 is 0 Å². The lowest BCUT2D eigenvalue weighted by molar-refractivity contribution is 0.233. The van der Waals surface area contributed by atoms with Gasteiger partial charge in [0.25, 0.3) is 5.89 Å². The van der Waals surface area contributed by atoms with Crippen molar-refractivity contribution in [2.75, 3.05) is 7.11 Å². The van der Waals surface area contributed by atoms with Crippen molar-refractivity contribution in [2.24, 2.45) is 5.73 Å². The lowest BCUT2D eigenvalue weighted by Gasteiger charge is -2.12. The Labute approximate surface area is 121 Å². The van der Waals surface area contributed by atoms with E-state index in [1.54, 1.807) is 19.2 Å². The van der Waals surface area contributed by atoms with Crippen molar-refractivity contribution in [3.8, 4) is 11.5 Å². The van der Waals surface area contributed by atoms with Crippen LogP contribution in [-0.4, -0.2) is 17.3 Å². The average molecular weight is 298 g/mol. The summed E-state index contributed by atoms with van der Waals surface area (Å²) in [4.78, 5) is 4.16. The minimum Gasteiger partial charge on any atom is -0.493 e. The van der Waals surface area contributed by atoms with Crippen LogP contribution in [0, 0.1) is 0 Å². The molecule has 0 fully saturated rings. The molecule has 6 nitrogen and oxygen atoms in total. The number of hydrogen-bond acceptors (Lipinski definition) is 6. The van der Waals surface area contributed by atoms with E-state index in [0.717, 1.165) is 5.56 Å². The second kappa shape index (κ2) is 6.58. The van der Waals surface area contributed by atoms with Gasteiger partial charge in [0.1, 0.15) is 0 Å². The molecule has 1 heterocycles. The van der Waals surface area contributed by atoms with Crippen molar-refractivity contribution < 1.29 is 14.0 Å². The van der Waals surface area contributed by atoms with Crippen LogP contribution in [0.4, 0.5) is 0 Å². The Kier molecular flexibility index (Phi) is 4.81. The number of hydrogen-bond donors (Lipinski definition) is 1. The SMILES string of the molecule is CCc1noc(COc2c(Cl)cc(CN)cc2OC)n1. The van der Waals surface area contributed by atoms with Gasteiger partial charge in [-0.2, -0.15) is 4.98 Å². The zero-order valence-electron chi connectivity index (χ0n) is 11.4. The molecule has 2 rings (SSSR count). The molecule has 1 aromatic heterocycles. The highest BCUT2D eigenvalue weighted by Gasteiger charge is 2.13. The molecule has 0 radical (unpaired) electrons. The fraction of sp³-hybridized carbons (Fsp3) is 0.385. The molecule has 0 saturated heterocycles. The maximum Gasteiger partial charge on any atom is 0.264 e. The number of nitrogens with two attached hydrogens (primary N) is 1. The molecule has 20 heavy (non-hydrogen) atoms. The molecule has 1 aromatic carbocycles. The van der Waals surface area contributed by atoms with E-state index in [2.05, 4.69) is 10.1 Å². The van der Waals surface area contributed by atoms with Crippen LogP contribution >= 0.6 is 11.6 Å². The molecule has 0 atom stereocenters. The maximum absolute atomic E-state index is 6.16. The van der Waals surface area contributed by atoms with Crippen LogP contribution in [0.15, 0.2) is 16.7 Å². The van der Waals surface area contributed by atoms with Crippen LogP contribution in [0.3, 0.4) is 0 Å². The number of benzene rings is 1. The first-order valence-electron chi connectivity index (χ1n) is 6.18. The van der Waals surface area contributed by atoms with Crippen LogP contribution in [0.1, 0.15) is 24.2 Å². The summed E-state index contributed by atoms with van der Waals surface area (Å²) < 4.78 is 15.9. The second-order valence-electron chi connectivity index (χ2n) is 4.06. The highest BCUT2D eigenvalue weighted by Crippen LogP contribution is 2.36. The van der Waals surface area contributed by atoms with E-state index < -0.39 is 0 Å². The van der Waals surface area contributed by atoms with Gasteiger partial charge in [0.2, 0.25) is 0 Å². The summed E-state index contributed by atoms with van der Waals surface area (Å²) in [5.74, 6) is 1.99. The van der Waals surface area contributed by atoms with Gasteiger partial charge in [0, 0.05) is 13.0 Å². The van der Waals surface area contributed by atoms with E-state index in [4.69, 9.17) is 31.3 Å². The normalized spacial score (nSPS) is 10.6. The third-order valence-electron chi connectivity index (χ3n) is 2.69. The predicted octanol–water partition coefficient (Wildman–Crippen LogP) is 2.33. The minimum atomic E-state index is 0.130. The molecule has 0 saturated carbocycles. The molecule has 0 amide bonds. The van der Waals surface area contributed by atoms with Crippen LogP contribution in [0.5, 0.6) is 11.5 Å². The van der Waals surface area contributed by atoms with E-state index in [1.165, 1.54) is 0 Å². The van der Waals surface area contributed by atoms with Gasteiger partial charge >= 0.3 is 0 Å². The zero-order chi connectivity index (χ0) is 14.5. The molecule has 0 aliphatic carbocycles. The number of aryl methyl sites for hydroxylation is 1. The molecule has 0 bridgehead atoms. The third-order valence-corrected chi connectivity index (χ3v) is 2.97. The molecule has 2 aromatic rings. The summed E-state index contributed by atoms with van der Waals surface area (Å²) in [5, 5.41) is 4.22. The quantitative estimate of drug-likeness (QED) is 0.881. The van der Waals surface area contributed by atoms with Gasteiger partial charge < -0.3 is 19.7 Å².